The molecule has 1 amide bonds. The number of rotatable bonds is 14. The number of hydrogen-bond acceptors (Lipinski definition) is 6. The highest BCUT2D eigenvalue weighted by Crippen LogP contribution is 2.29. The number of carbonyl (C=O) groups excluding carboxylic acids is 2. The zero-order chi connectivity index (χ0) is 25.5. The van der Waals surface area contributed by atoms with Crippen molar-refractivity contribution in [1.82, 2.24) is 0 Å². The number of ether oxygens (including phenoxy) is 3. The third-order valence-corrected chi connectivity index (χ3v) is 5.21. The summed E-state index contributed by atoms with van der Waals surface area (Å²) in [5.41, 5.74) is 1.26. The number of amides is 1. The molecule has 0 aliphatic heterocycles. The minimum Gasteiger partial charge on any atom is -0.493 e. The van der Waals surface area contributed by atoms with Crippen LogP contribution in [0.25, 0.3) is 6.08 Å². The van der Waals surface area contributed by atoms with Gasteiger partial charge in [0.05, 0.1) is 25.9 Å². The lowest BCUT2D eigenvalue weighted by Crippen LogP contribution is -2.14. The van der Waals surface area contributed by atoms with Crippen LogP contribution in [0, 0.1) is 11.3 Å². The van der Waals surface area contributed by atoms with Crippen molar-refractivity contribution in [3.05, 3.63) is 59.2 Å². The van der Waals surface area contributed by atoms with E-state index >= 15 is 0 Å². The van der Waals surface area contributed by atoms with Crippen molar-refractivity contribution in [3.8, 4) is 17.6 Å². The van der Waals surface area contributed by atoms with Crippen molar-refractivity contribution in [2.45, 2.75) is 52.4 Å². The van der Waals surface area contributed by atoms with Gasteiger partial charge in [-0.25, -0.2) is 4.79 Å². The van der Waals surface area contributed by atoms with Gasteiger partial charge in [-0.2, -0.15) is 5.26 Å². The fraction of sp³-hybridized carbons (Fsp3) is 0.393. The Labute approximate surface area is 207 Å². The highest BCUT2D eigenvalue weighted by Gasteiger charge is 2.13. The maximum atomic E-state index is 12.7. The highest BCUT2D eigenvalue weighted by molar-refractivity contribution is 6.10. The van der Waals surface area contributed by atoms with Crippen LogP contribution in [0.15, 0.2) is 48.0 Å². The van der Waals surface area contributed by atoms with E-state index in [0.29, 0.717) is 41.5 Å². The molecule has 2 rings (SSSR count). The minimum absolute atomic E-state index is 0.0868. The molecule has 0 saturated carbocycles. The van der Waals surface area contributed by atoms with Crippen molar-refractivity contribution in [1.29, 1.82) is 5.26 Å². The van der Waals surface area contributed by atoms with E-state index in [1.54, 1.807) is 43.5 Å². The van der Waals surface area contributed by atoms with Crippen LogP contribution in [0.3, 0.4) is 0 Å². The molecule has 0 heterocycles. The molecule has 2 aromatic carbocycles. The Kier molecular flexibility index (Phi) is 11.9. The van der Waals surface area contributed by atoms with Gasteiger partial charge < -0.3 is 19.5 Å². The Hall–Kier alpha value is -3.79. The SMILES string of the molecule is CCCCCCOc1ccc(/C=C(\C#N)C(=O)Nc2cccc(C(=O)OCCCC)c2)cc1OC. The molecule has 0 saturated heterocycles. The second kappa shape index (κ2) is 15.2. The molecule has 0 radical (unpaired) electrons. The molecule has 7 heteroatoms. The van der Waals surface area contributed by atoms with E-state index in [0.717, 1.165) is 32.1 Å². The number of nitrogens with zero attached hydrogens (tertiary/aromatic N) is 1. The molecule has 0 unspecified atom stereocenters. The van der Waals surface area contributed by atoms with E-state index in [-0.39, 0.29) is 5.57 Å². The number of methoxy groups -OCH3 is 1. The van der Waals surface area contributed by atoms with Crippen LogP contribution < -0.4 is 14.8 Å². The molecule has 0 aromatic heterocycles. The molecule has 7 nitrogen and oxygen atoms in total. The molecular weight excluding hydrogens is 444 g/mol. The lowest BCUT2D eigenvalue weighted by atomic mass is 10.1. The smallest absolute Gasteiger partial charge is 0.338 e. The van der Waals surface area contributed by atoms with Crippen molar-refractivity contribution >= 4 is 23.6 Å². The average Bonchev–Trinajstić information content (AvgIpc) is 2.87. The zero-order valence-electron chi connectivity index (χ0n) is 20.8. The summed E-state index contributed by atoms with van der Waals surface area (Å²) in [5, 5.41) is 12.2. The van der Waals surface area contributed by atoms with Crippen molar-refractivity contribution < 1.29 is 23.8 Å². The fourth-order valence-corrected chi connectivity index (χ4v) is 3.23. The van der Waals surface area contributed by atoms with Gasteiger partial charge in [-0.15, -0.1) is 0 Å². The standard InChI is InChI=1S/C28H34N2O5/c1-4-6-8-9-16-34-25-14-13-21(18-26(25)33-3)17-23(20-29)27(31)30-24-12-10-11-22(19-24)28(32)35-15-7-5-2/h10-14,17-19H,4-9,15-16H2,1-3H3,(H,30,31)/b23-17+. The van der Waals surface area contributed by atoms with Crippen LogP contribution >= 0.6 is 0 Å². The monoisotopic (exact) mass is 478 g/mol. The number of carbonyl (C=O) groups is 2. The number of nitrogens with one attached hydrogen (secondary N) is 1. The van der Waals surface area contributed by atoms with Crippen molar-refractivity contribution in [2.24, 2.45) is 0 Å². The fourth-order valence-electron chi connectivity index (χ4n) is 3.23. The van der Waals surface area contributed by atoms with Crippen molar-refractivity contribution in [3.63, 3.8) is 0 Å². The summed E-state index contributed by atoms with van der Waals surface area (Å²) in [5.74, 6) is 0.109. The molecule has 0 bridgehead atoms. The summed E-state index contributed by atoms with van der Waals surface area (Å²) in [6.45, 7) is 5.12. The average molecular weight is 479 g/mol. The Morgan fingerprint density at radius 2 is 1.77 bits per heavy atom. The lowest BCUT2D eigenvalue weighted by molar-refractivity contribution is -0.112. The topological polar surface area (TPSA) is 97.7 Å². The van der Waals surface area contributed by atoms with Gasteiger partial charge in [-0.05, 0) is 54.8 Å². The summed E-state index contributed by atoms with van der Waals surface area (Å²) >= 11 is 0. The molecule has 0 spiro atoms. The number of anilines is 1. The van der Waals surface area contributed by atoms with E-state index in [9.17, 15) is 14.9 Å². The molecule has 186 valence electrons. The molecular formula is C28H34N2O5. The third kappa shape index (κ3) is 9.17. The summed E-state index contributed by atoms with van der Waals surface area (Å²) in [6.07, 6.45) is 7.61. The minimum atomic E-state index is -0.584. The highest BCUT2D eigenvalue weighted by atomic mass is 16.5. The van der Waals surface area contributed by atoms with Gasteiger partial charge in [0.2, 0.25) is 0 Å². The molecule has 0 aliphatic rings. The zero-order valence-corrected chi connectivity index (χ0v) is 20.8. The maximum Gasteiger partial charge on any atom is 0.338 e. The van der Waals surface area contributed by atoms with Gasteiger partial charge in [-0.1, -0.05) is 51.7 Å². The summed E-state index contributed by atoms with van der Waals surface area (Å²) in [6, 6.07) is 13.6. The first kappa shape index (κ1) is 27.5. The molecule has 1 N–H and O–H groups in total. The predicted molar refractivity (Wildman–Crippen MR) is 136 cm³/mol. The van der Waals surface area contributed by atoms with Gasteiger partial charge in [0.1, 0.15) is 11.6 Å². The van der Waals surface area contributed by atoms with Gasteiger partial charge in [-0.3, -0.25) is 4.79 Å². The summed E-state index contributed by atoms with van der Waals surface area (Å²) < 4.78 is 16.5. The van der Waals surface area contributed by atoms with Crippen LogP contribution in [-0.4, -0.2) is 32.2 Å². The Bertz CT molecular complexity index is 1060. The lowest BCUT2D eigenvalue weighted by Gasteiger charge is -2.11. The van der Waals surface area contributed by atoms with Gasteiger partial charge in [0.15, 0.2) is 11.5 Å². The first-order valence-electron chi connectivity index (χ1n) is 12.0. The maximum absolute atomic E-state index is 12.7. The number of hydrogen-bond donors (Lipinski definition) is 1. The van der Waals surface area contributed by atoms with E-state index < -0.39 is 11.9 Å². The summed E-state index contributed by atoms with van der Waals surface area (Å²) in [7, 11) is 1.55. The van der Waals surface area contributed by atoms with Crippen LogP contribution in [0.4, 0.5) is 5.69 Å². The Morgan fingerprint density at radius 1 is 0.971 bits per heavy atom. The van der Waals surface area contributed by atoms with Crippen LogP contribution in [0.2, 0.25) is 0 Å². The van der Waals surface area contributed by atoms with E-state index in [4.69, 9.17) is 14.2 Å². The van der Waals surface area contributed by atoms with Crippen molar-refractivity contribution in [2.75, 3.05) is 25.6 Å². The van der Waals surface area contributed by atoms with Crippen LogP contribution in [0.5, 0.6) is 11.5 Å². The molecule has 0 atom stereocenters. The second-order valence-electron chi connectivity index (χ2n) is 8.01. The molecule has 35 heavy (non-hydrogen) atoms. The third-order valence-electron chi connectivity index (χ3n) is 5.21. The number of unbranched alkanes of at least 4 members (excludes halogenated alkanes) is 4. The van der Waals surface area contributed by atoms with E-state index in [2.05, 4.69) is 12.2 Å². The molecule has 2 aromatic rings. The number of benzene rings is 2. The second-order valence-corrected chi connectivity index (χ2v) is 8.01. The molecule has 0 aliphatic carbocycles. The largest absolute Gasteiger partial charge is 0.493 e. The van der Waals surface area contributed by atoms with Gasteiger partial charge in [0.25, 0.3) is 5.91 Å². The van der Waals surface area contributed by atoms with E-state index in [1.807, 2.05) is 13.0 Å². The van der Waals surface area contributed by atoms with Crippen LogP contribution in [0.1, 0.15) is 68.3 Å². The quantitative estimate of drug-likeness (QED) is 0.151. The number of nitriles is 1. The predicted octanol–water partition coefficient (Wildman–Crippen LogP) is 6.16. The Balaban J connectivity index is 2.08. The first-order valence-corrected chi connectivity index (χ1v) is 12.0. The van der Waals surface area contributed by atoms with Gasteiger partial charge in [0, 0.05) is 5.69 Å². The van der Waals surface area contributed by atoms with E-state index in [1.165, 1.54) is 18.6 Å². The first-order chi connectivity index (χ1) is 17.0. The molecule has 0 fully saturated rings. The van der Waals surface area contributed by atoms with Crippen LogP contribution in [-0.2, 0) is 9.53 Å². The van der Waals surface area contributed by atoms with Gasteiger partial charge >= 0.3 is 5.97 Å². The normalized spacial score (nSPS) is 10.9. The Morgan fingerprint density at radius 3 is 2.49 bits per heavy atom. The summed E-state index contributed by atoms with van der Waals surface area (Å²) in [4.78, 5) is 24.9. The number of esters is 1.